The summed E-state index contributed by atoms with van der Waals surface area (Å²) in [5.41, 5.74) is 23.5. The van der Waals surface area contributed by atoms with Crippen molar-refractivity contribution in [3.63, 3.8) is 0 Å². The Kier molecular flexibility index (Phi) is 24.8. The molecule has 0 atom stereocenters. The third kappa shape index (κ3) is 10.5. The van der Waals surface area contributed by atoms with Crippen LogP contribution in [-0.2, 0) is 23.7 Å². The molecule has 72 heavy (non-hydrogen) atoms. The average Bonchev–Trinajstić information content (AvgIpc) is 3.95. The van der Waals surface area contributed by atoms with Gasteiger partial charge in [0.15, 0.2) is 0 Å². The molecule has 8 aromatic rings. The van der Waals surface area contributed by atoms with E-state index in [0.717, 1.165) is 19.4 Å². The van der Waals surface area contributed by atoms with E-state index in [1.54, 1.807) is 0 Å². The fourth-order valence-corrected chi connectivity index (χ4v) is 10.9. The molecular formula is C71H91N. The first-order chi connectivity index (χ1) is 35.7. The lowest BCUT2D eigenvalue weighted by atomic mass is 9.61. The summed E-state index contributed by atoms with van der Waals surface area (Å²) in [7, 11) is 2.18. The summed E-state index contributed by atoms with van der Waals surface area (Å²) < 4.78 is 0. The van der Waals surface area contributed by atoms with Crippen LogP contribution in [0.25, 0.3) is 22.3 Å². The Morgan fingerprint density at radius 1 is 0.292 bits per heavy atom. The lowest BCUT2D eigenvalue weighted by molar-refractivity contribution is 0.721. The second-order valence-electron chi connectivity index (χ2n) is 15.9. The molecule has 0 bridgehead atoms. The fourth-order valence-electron chi connectivity index (χ4n) is 10.9. The molecule has 0 radical (unpaired) electrons. The molecule has 0 saturated carbocycles. The van der Waals surface area contributed by atoms with E-state index in [4.69, 9.17) is 0 Å². The SMILES string of the molecule is CC.CC.CC.CC.CC.CC.CC.CC.CCN(C)c1ccc2c(c1)C1(c3ccccc3C2)c2ccccc2-c2ccccc21.c1ccc2c(c1)Cc1ccccc1C21c2ccccc2-c2ccccc21. The van der Waals surface area contributed by atoms with Crippen LogP contribution in [0.4, 0.5) is 5.69 Å². The summed E-state index contributed by atoms with van der Waals surface area (Å²) >= 11 is 0. The highest BCUT2D eigenvalue weighted by atomic mass is 15.1. The zero-order valence-electron chi connectivity index (χ0n) is 48.0. The normalized spacial score (nSPS) is 12.2. The van der Waals surface area contributed by atoms with Gasteiger partial charge in [0.2, 0.25) is 0 Å². The van der Waals surface area contributed by atoms with Gasteiger partial charge in [-0.2, -0.15) is 0 Å². The van der Waals surface area contributed by atoms with Gasteiger partial charge in [0.1, 0.15) is 0 Å². The molecule has 380 valence electrons. The van der Waals surface area contributed by atoms with Gasteiger partial charge in [0, 0.05) is 19.3 Å². The van der Waals surface area contributed by atoms with Gasteiger partial charge in [-0.3, -0.25) is 0 Å². The predicted octanol–water partition coefficient (Wildman–Crippen LogP) is 20.6. The number of hydrogen-bond donors (Lipinski definition) is 0. The second kappa shape index (κ2) is 29.8. The Hall–Kier alpha value is -6.44. The van der Waals surface area contributed by atoms with E-state index in [1.165, 1.54) is 94.7 Å². The minimum absolute atomic E-state index is 0.196. The van der Waals surface area contributed by atoms with Gasteiger partial charge >= 0.3 is 0 Å². The van der Waals surface area contributed by atoms with E-state index in [-0.39, 0.29) is 10.8 Å². The van der Waals surface area contributed by atoms with E-state index in [0.29, 0.717) is 0 Å². The molecular weight excluding hydrogens is 867 g/mol. The van der Waals surface area contributed by atoms with Crippen molar-refractivity contribution in [2.24, 2.45) is 0 Å². The van der Waals surface area contributed by atoms with Crippen molar-refractivity contribution in [2.45, 2.75) is 141 Å². The van der Waals surface area contributed by atoms with Crippen molar-refractivity contribution < 1.29 is 0 Å². The molecule has 2 spiro atoms. The summed E-state index contributed by atoms with van der Waals surface area (Å²) in [6.45, 7) is 35.2. The molecule has 1 nitrogen and oxygen atoms in total. The van der Waals surface area contributed by atoms with Crippen LogP contribution in [0.2, 0.25) is 0 Å². The van der Waals surface area contributed by atoms with Crippen LogP contribution in [0.5, 0.6) is 0 Å². The molecule has 12 rings (SSSR count). The van der Waals surface area contributed by atoms with Gasteiger partial charge in [-0.15, -0.1) is 0 Å². The second-order valence-corrected chi connectivity index (χ2v) is 15.9. The molecule has 0 heterocycles. The number of nitrogens with zero attached hydrogens (tertiary/aromatic N) is 1. The molecule has 0 aromatic heterocycles. The van der Waals surface area contributed by atoms with Gasteiger partial charge in [-0.1, -0.05) is 287 Å². The minimum atomic E-state index is -0.248. The standard InChI is InChI=1S/C29H25N.C26H18.8C2H6/c1-3-30(2)22-17-16-21-18-20-10-4-7-13-25(20)29(28(21)19-22)26-14-8-5-11-23(26)24-12-6-9-15-27(24)29;1-5-13-22-18(9-1)17-19-10-2-6-14-23(19)26(22)24-15-7-3-11-20(24)21-12-4-8-16-25(21)26;8*1-2/h4-17,19H,3,18H2,1-2H3;1-16H,17H2;8*1-2H3. The van der Waals surface area contributed by atoms with Crippen LogP contribution < -0.4 is 4.90 Å². The van der Waals surface area contributed by atoms with Crippen LogP contribution in [0, 0.1) is 0 Å². The summed E-state index contributed by atoms with van der Waals surface area (Å²) in [5, 5.41) is 0. The van der Waals surface area contributed by atoms with Gasteiger partial charge in [0.05, 0.1) is 10.8 Å². The first-order valence-electron chi connectivity index (χ1n) is 28.1. The van der Waals surface area contributed by atoms with Crippen LogP contribution in [0.15, 0.2) is 188 Å². The van der Waals surface area contributed by atoms with Crippen molar-refractivity contribution in [3.8, 4) is 22.3 Å². The molecule has 1 heteroatoms. The van der Waals surface area contributed by atoms with E-state index in [1.807, 2.05) is 111 Å². The fraction of sp³-hybridized carbons (Fsp3) is 0.324. The molecule has 0 N–H and O–H groups in total. The Balaban J connectivity index is 0.000000300. The van der Waals surface area contributed by atoms with E-state index >= 15 is 0 Å². The van der Waals surface area contributed by atoms with Crippen molar-refractivity contribution in [3.05, 3.63) is 255 Å². The number of anilines is 1. The smallest absolute Gasteiger partial charge is 0.0719 e. The zero-order chi connectivity index (χ0) is 53.4. The highest BCUT2D eigenvalue weighted by Crippen LogP contribution is 2.61. The maximum absolute atomic E-state index is 2.45. The molecule has 0 amide bonds. The van der Waals surface area contributed by atoms with Crippen LogP contribution >= 0.6 is 0 Å². The molecule has 4 aliphatic rings. The third-order valence-corrected chi connectivity index (χ3v) is 13.3. The van der Waals surface area contributed by atoms with Crippen molar-refractivity contribution in [1.29, 1.82) is 0 Å². The molecule has 0 saturated heterocycles. The van der Waals surface area contributed by atoms with Gasteiger partial charge in [-0.05, 0) is 121 Å². The number of benzene rings is 8. The van der Waals surface area contributed by atoms with Gasteiger partial charge in [-0.25, -0.2) is 0 Å². The lowest BCUT2D eigenvalue weighted by Crippen LogP contribution is -2.34. The van der Waals surface area contributed by atoms with Gasteiger partial charge in [0.25, 0.3) is 0 Å². The Morgan fingerprint density at radius 3 is 0.819 bits per heavy atom. The topological polar surface area (TPSA) is 3.24 Å². The molecule has 0 fully saturated rings. The third-order valence-electron chi connectivity index (χ3n) is 13.3. The monoisotopic (exact) mass is 958 g/mol. The van der Waals surface area contributed by atoms with E-state index in [2.05, 4.69) is 207 Å². The Morgan fingerprint density at radius 2 is 0.528 bits per heavy atom. The number of hydrogen-bond acceptors (Lipinski definition) is 1. The first-order valence-corrected chi connectivity index (χ1v) is 28.1. The highest BCUT2D eigenvalue weighted by Gasteiger charge is 2.51. The maximum Gasteiger partial charge on any atom is 0.0719 e. The van der Waals surface area contributed by atoms with Crippen LogP contribution in [0.1, 0.15) is 184 Å². The number of rotatable bonds is 2. The maximum atomic E-state index is 2.45. The van der Waals surface area contributed by atoms with E-state index in [9.17, 15) is 0 Å². The summed E-state index contributed by atoms with van der Waals surface area (Å²) in [5.74, 6) is 0. The Bertz CT molecular complexity index is 2700. The lowest BCUT2D eigenvalue weighted by Gasteiger charge is -2.40. The predicted molar refractivity (Wildman–Crippen MR) is 323 cm³/mol. The number of fused-ring (bicyclic) bond motifs is 18. The largest absolute Gasteiger partial charge is 0.375 e. The van der Waals surface area contributed by atoms with Crippen LogP contribution in [0.3, 0.4) is 0 Å². The molecule has 8 aromatic carbocycles. The average molecular weight is 959 g/mol. The van der Waals surface area contributed by atoms with Crippen molar-refractivity contribution in [2.75, 3.05) is 18.5 Å². The van der Waals surface area contributed by atoms with Crippen LogP contribution in [-0.4, -0.2) is 13.6 Å². The van der Waals surface area contributed by atoms with Gasteiger partial charge < -0.3 is 4.90 Å². The summed E-state index contributed by atoms with van der Waals surface area (Å²) in [6.07, 6.45) is 2.01. The summed E-state index contributed by atoms with van der Waals surface area (Å²) in [6, 6.07) is 70.1. The summed E-state index contributed by atoms with van der Waals surface area (Å²) in [4.78, 5) is 2.33. The zero-order valence-corrected chi connectivity index (χ0v) is 48.0. The van der Waals surface area contributed by atoms with E-state index < -0.39 is 0 Å². The van der Waals surface area contributed by atoms with Crippen molar-refractivity contribution >= 4 is 5.69 Å². The molecule has 0 unspecified atom stereocenters. The molecule has 0 aliphatic heterocycles. The molecule has 4 aliphatic carbocycles. The first kappa shape index (κ1) is 59.9. The highest BCUT2D eigenvalue weighted by molar-refractivity contribution is 5.89. The Labute approximate surface area is 440 Å². The minimum Gasteiger partial charge on any atom is -0.375 e. The quantitative estimate of drug-likeness (QED) is 0.167. The van der Waals surface area contributed by atoms with Crippen molar-refractivity contribution in [1.82, 2.24) is 0 Å².